The number of amides is 2. The number of nitrogens with zero attached hydrogens (tertiary/aromatic N) is 2. The normalized spacial score (nSPS) is 14.8. The molecule has 6 nitrogen and oxygen atoms in total. The molecule has 0 bridgehead atoms. The summed E-state index contributed by atoms with van der Waals surface area (Å²) in [5, 5.41) is 3.04. The van der Waals surface area contributed by atoms with Crippen LogP contribution >= 0.6 is 0 Å². The molecule has 1 aliphatic heterocycles. The number of ether oxygens (including phenoxy) is 1. The quantitative estimate of drug-likeness (QED) is 0.926. The van der Waals surface area contributed by atoms with E-state index in [0.29, 0.717) is 24.2 Å². The fourth-order valence-electron chi connectivity index (χ4n) is 2.92. The van der Waals surface area contributed by atoms with E-state index in [9.17, 15) is 9.59 Å². The van der Waals surface area contributed by atoms with Gasteiger partial charge in [-0.3, -0.25) is 14.6 Å². The zero-order chi connectivity index (χ0) is 17.6. The molecule has 1 N–H and O–H groups in total. The molecule has 0 radical (unpaired) electrons. The van der Waals surface area contributed by atoms with Crippen molar-refractivity contribution >= 4 is 11.8 Å². The first kappa shape index (κ1) is 17.0. The summed E-state index contributed by atoms with van der Waals surface area (Å²) in [6.45, 7) is 1.27. The molecule has 1 fully saturated rings. The molecule has 0 saturated carbocycles. The Morgan fingerprint density at radius 1 is 1.04 bits per heavy atom. The number of methoxy groups -OCH3 is 1. The summed E-state index contributed by atoms with van der Waals surface area (Å²) in [5.74, 6) is 0.642. The largest absolute Gasteiger partial charge is 0.497 e. The van der Waals surface area contributed by atoms with Gasteiger partial charge in [0.1, 0.15) is 5.75 Å². The summed E-state index contributed by atoms with van der Waals surface area (Å²) in [7, 11) is 1.59. The van der Waals surface area contributed by atoms with E-state index in [-0.39, 0.29) is 17.9 Å². The molecule has 2 aromatic rings. The molecule has 1 aliphatic rings. The lowest BCUT2D eigenvalue weighted by Gasteiger charge is -2.32. The monoisotopic (exact) mass is 339 g/mol. The molecule has 0 aliphatic carbocycles. The second kappa shape index (κ2) is 7.79. The second-order valence-electron chi connectivity index (χ2n) is 6.00. The third-order valence-electron chi connectivity index (χ3n) is 4.40. The van der Waals surface area contributed by atoms with Gasteiger partial charge in [-0.15, -0.1) is 0 Å². The maximum Gasteiger partial charge on any atom is 0.253 e. The number of hydrogen-bond donors (Lipinski definition) is 1. The van der Waals surface area contributed by atoms with Crippen LogP contribution in [-0.2, 0) is 0 Å². The van der Waals surface area contributed by atoms with Gasteiger partial charge in [-0.2, -0.15) is 0 Å². The van der Waals surface area contributed by atoms with E-state index in [0.717, 1.165) is 18.6 Å². The standard InChI is InChI=1S/C19H21N3O3/c1-25-17-4-2-14(3-5-17)18(23)21-16-8-12-22(13-9-16)19(24)15-6-10-20-11-7-15/h2-7,10-11,16H,8-9,12-13H2,1H3,(H,21,23). The minimum Gasteiger partial charge on any atom is -0.497 e. The van der Waals surface area contributed by atoms with Crippen LogP contribution in [0, 0.1) is 0 Å². The Labute approximate surface area is 146 Å². The molecule has 25 heavy (non-hydrogen) atoms. The van der Waals surface area contributed by atoms with Crippen molar-refractivity contribution in [2.45, 2.75) is 18.9 Å². The van der Waals surface area contributed by atoms with E-state index in [1.54, 1.807) is 55.9 Å². The van der Waals surface area contributed by atoms with Crippen LogP contribution in [0.5, 0.6) is 5.75 Å². The van der Waals surface area contributed by atoms with Crippen molar-refractivity contribution in [1.29, 1.82) is 0 Å². The van der Waals surface area contributed by atoms with Gasteiger partial charge in [0.15, 0.2) is 0 Å². The fraction of sp³-hybridized carbons (Fsp3) is 0.316. The molecule has 1 aromatic heterocycles. The molecule has 3 rings (SSSR count). The van der Waals surface area contributed by atoms with E-state index in [4.69, 9.17) is 4.74 Å². The van der Waals surface area contributed by atoms with E-state index in [1.807, 2.05) is 4.90 Å². The highest BCUT2D eigenvalue weighted by molar-refractivity contribution is 5.95. The molecule has 2 amide bonds. The van der Waals surface area contributed by atoms with Gasteiger partial charge < -0.3 is 15.0 Å². The number of likely N-dealkylation sites (tertiary alicyclic amines) is 1. The molecule has 6 heteroatoms. The number of carbonyl (C=O) groups excluding carboxylic acids is 2. The van der Waals surface area contributed by atoms with Crippen LogP contribution in [0.15, 0.2) is 48.8 Å². The van der Waals surface area contributed by atoms with Gasteiger partial charge in [-0.25, -0.2) is 0 Å². The minimum absolute atomic E-state index is 0.0160. The number of carbonyl (C=O) groups is 2. The average molecular weight is 339 g/mol. The van der Waals surface area contributed by atoms with Crippen LogP contribution in [0.1, 0.15) is 33.6 Å². The van der Waals surface area contributed by atoms with Crippen molar-refractivity contribution < 1.29 is 14.3 Å². The molecule has 0 spiro atoms. The zero-order valence-corrected chi connectivity index (χ0v) is 14.1. The Morgan fingerprint density at radius 2 is 1.68 bits per heavy atom. The highest BCUT2D eigenvalue weighted by Crippen LogP contribution is 2.15. The first-order valence-electron chi connectivity index (χ1n) is 8.31. The first-order valence-corrected chi connectivity index (χ1v) is 8.31. The van der Waals surface area contributed by atoms with E-state index < -0.39 is 0 Å². The molecule has 0 unspecified atom stereocenters. The van der Waals surface area contributed by atoms with Gasteiger partial charge in [-0.1, -0.05) is 0 Å². The van der Waals surface area contributed by atoms with Gasteiger partial charge in [0.2, 0.25) is 0 Å². The van der Waals surface area contributed by atoms with Crippen LogP contribution in [0.3, 0.4) is 0 Å². The Morgan fingerprint density at radius 3 is 2.28 bits per heavy atom. The third-order valence-corrected chi connectivity index (χ3v) is 4.40. The summed E-state index contributed by atoms with van der Waals surface area (Å²) < 4.78 is 5.10. The fourth-order valence-corrected chi connectivity index (χ4v) is 2.92. The number of nitrogens with one attached hydrogen (secondary N) is 1. The molecule has 2 heterocycles. The van der Waals surface area contributed by atoms with Crippen LogP contribution in [0.2, 0.25) is 0 Å². The van der Waals surface area contributed by atoms with Gasteiger partial charge in [0.05, 0.1) is 7.11 Å². The van der Waals surface area contributed by atoms with Crippen molar-refractivity contribution in [1.82, 2.24) is 15.2 Å². The highest BCUT2D eigenvalue weighted by atomic mass is 16.5. The smallest absolute Gasteiger partial charge is 0.253 e. The summed E-state index contributed by atoms with van der Waals surface area (Å²) in [4.78, 5) is 30.5. The summed E-state index contributed by atoms with van der Waals surface area (Å²) in [5.41, 5.74) is 1.26. The Hall–Kier alpha value is -2.89. The zero-order valence-electron chi connectivity index (χ0n) is 14.1. The summed E-state index contributed by atoms with van der Waals surface area (Å²) in [6, 6.07) is 10.6. The second-order valence-corrected chi connectivity index (χ2v) is 6.00. The van der Waals surface area contributed by atoms with E-state index in [2.05, 4.69) is 10.3 Å². The topological polar surface area (TPSA) is 71.5 Å². The number of hydrogen-bond acceptors (Lipinski definition) is 4. The number of pyridine rings is 1. The maximum atomic E-state index is 12.4. The van der Waals surface area contributed by atoms with Gasteiger partial charge >= 0.3 is 0 Å². The van der Waals surface area contributed by atoms with Crippen LogP contribution < -0.4 is 10.1 Å². The van der Waals surface area contributed by atoms with Gasteiger partial charge in [0.25, 0.3) is 11.8 Å². The van der Waals surface area contributed by atoms with E-state index >= 15 is 0 Å². The lowest BCUT2D eigenvalue weighted by Crippen LogP contribution is -2.46. The van der Waals surface area contributed by atoms with Crippen LogP contribution in [0.25, 0.3) is 0 Å². The molecule has 1 saturated heterocycles. The summed E-state index contributed by atoms with van der Waals surface area (Å²) in [6.07, 6.45) is 4.74. The molecule has 130 valence electrons. The third kappa shape index (κ3) is 4.15. The number of rotatable bonds is 4. The molecular formula is C19H21N3O3. The van der Waals surface area contributed by atoms with Crippen LogP contribution in [-0.4, -0.2) is 47.9 Å². The number of piperidine rings is 1. The Kier molecular flexibility index (Phi) is 5.28. The van der Waals surface area contributed by atoms with E-state index in [1.165, 1.54) is 0 Å². The van der Waals surface area contributed by atoms with Crippen molar-refractivity contribution in [3.05, 3.63) is 59.9 Å². The molecule has 0 atom stereocenters. The van der Waals surface area contributed by atoms with Gasteiger partial charge in [0, 0.05) is 42.7 Å². The SMILES string of the molecule is COc1ccc(C(=O)NC2CCN(C(=O)c3ccncc3)CC2)cc1. The predicted molar refractivity (Wildman–Crippen MR) is 93.6 cm³/mol. The number of aromatic nitrogens is 1. The lowest BCUT2D eigenvalue weighted by molar-refractivity contribution is 0.0698. The summed E-state index contributed by atoms with van der Waals surface area (Å²) >= 11 is 0. The lowest BCUT2D eigenvalue weighted by atomic mass is 10.0. The average Bonchev–Trinajstić information content (AvgIpc) is 2.68. The number of benzene rings is 1. The Bertz CT molecular complexity index is 723. The minimum atomic E-state index is -0.0958. The van der Waals surface area contributed by atoms with Crippen LogP contribution in [0.4, 0.5) is 0 Å². The first-order chi connectivity index (χ1) is 12.2. The molecule has 1 aromatic carbocycles. The van der Waals surface area contributed by atoms with Crippen molar-refractivity contribution in [3.63, 3.8) is 0 Å². The molecular weight excluding hydrogens is 318 g/mol. The highest BCUT2D eigenvalue weighted by Gasteiger charge is 2.24. The van der Waals surface area contributed by atoms with Crippen molar-refractivity contribution in [2.75, 3.05) is 20.2 Å². The maximum absolute atomic E-state index is 12.4. The predicted octanol–water partition coefficient (Wildman–Crippen LogP) is 2.12. The van der Waals surface area contributed by atoms with Crippen molar-refractivity contribution in [3.8, 4) is 5.75 Å². The Balaban J connectivity index is 1.52. The van der Waals surface area contributed by atoms with Gasteiger partial charge in [-0.05, 0) is 49.2 Å². The van der Waals surface area contributed by atoms with Crippen molar-refractivity contribution in [2.24, 2.45) is 0 Å².